The van der Waals surface area contributed by atoms with Gasteiger partial charge in [0.05, 0.1) is 5.56 Å². The molecule has 1 heterocycles. The van der Waals surface area contributed by atoms with Crippen molar-refractivity contribution < 1.29 is 18.8 Å². The van der Waals surface area contributed by atoms with E-state index in [1.54, 1.807) is 25.1 Å². The molecule has 3 aromatic rings. The zero-order valence-electron chi connectivity index (χ0n) is 15.8. The Labute approximate surface area is 163 Å². The fraction of sp³-hybridized carbons (Fsp3) is 0.227. The Kier molecular flexibility index (Phi) is 6.22. The first-order valence-electron chi connectivity index (χ1n) is 9.10. The molecule has 0 aliphatic rings. The predicted molar refractivity (Wildman–Crippen MR) is 105 cm³/mol. The third-order valence-electron chi connectivity index (χ3n) is 4.30. The lowest BCUT2D eigenvalue weighted by molar-refractivity contribution is -0.123. The summed E-state index contributed by atoms with van der Waals surface area (Å²) in [5, 5.41) is 6.25. The molecule has 1 aromatic heterocycles. The molecule has 144 valence electrons. The smallest absolute Gasteiger partial charge is 0.339 e. The van der Waals surface area contributed by atoms with Crippen molar-refractivity contribution in [2.45, 2.75) is 32.8 Å². The highest BCUT2D eigenvalue weighted by Gasteiger charge is 2.21. The van der Waals surface area contributed by atoms with Crippen LogP contribution in [-0.2, 0) is 22.4 Å². The number of nitrogens with zero attached hydrogens (tertiary/aromatic N) is 1. The third kappa shape index (κ3) is 5.07. The lowest BCUT2D eigenvalue weighted by atomic mass is 10.00. The van der Waals surface area contributed by atoms with Gasteiger partial charge in [-0.05, 0) is 43.9 Å². The van der Waals surface area contributed by atoms with Gasteiger partial charge in [-0.25, -0.2) is 4.79 Å². The van der Waals surface area contributed by atoms with E-state index in [1.165, 1.54) is 12.5 Å². The Bertz CT molecular complexity index is 950. The summed E-state index contributed by atoms with van der Waals surface area (Å²) in [6.45, 7) is 3.24. The van der Waals surface area contributed by atoms with E-state index in [-0.39, 0.29) is 5.82 Å². The van der Waals surface area contributed by atoms with Crippen LogP contribution in [0.25, 0.3) is 0 Å². The Morgan fingerprint density at radius 2 is 1.79 bits per heavy atom. The number of benzene rings is 2. The highest BCUT2D eigenvalue weighted by molar-refractivity contribution is 5.97. The van der Waals surface area contributed by atoms with Gasteiger partial charge in [0.15, 0.2) is 11.9 Å². The van der Waals surface area contributed by atoms with Crippen LogP contribution in [0.3, 0.4) is 0 Å². The van der Waals surface area contributed by atoms with Crippen molar-refractivity contribution in [3.05, 3.63) is 83.1 Å². The SMILES string of the molecule is Cc1cc(NC(=O)C(C)OC(=O)c2ccccc2CCc2ccccc2)no1. The summed E-state index contributed by atoms with van der Waals surface area (Å²) in [7, 11) is 0. The molecular weight excluding hydrogens is 356 g/mol. The number of rotatable bonds is 7. The highest BCUT2D eigenvalue weighted by Crippen LogP contribution is 2.15. The Balaban J connectivity index is 1.62. The van der Waals surface area contributed by atoms with Gasteiger partial charge in [0.25, 0.3) is 5.91 Å². The van der Waals surface area contributed by atoms with Crippen LogP contribution in [0.15, 0.2) is 65.2 Å². The number of ether oxygens (including phenoxy) is 1. The number of aryl methyl sites for hydroxylation is 3. The standard InChI is InChI=1S/C22H22N2O4/c1-15-14-20(24-28-15)23-21(25)16(2)27-22(26)19-11-7-6-10-18(19)13-12-17-8-4-3-5-9-17/h3-11,14,16H,12-13H2,1-2H3,(H,23,24,25). The summed E-state index contributed by atoms with van der Waals surface area (Å²) in [5.74, 6) is -0.132. The minimum Gasteiger partial charge on any atom is -0.449 e. The fourth-order valence-electron chi connectivity index (χ4n) is 2.79. The van der Waals surface area contributed by atoms with Crippen LogP contribution in [0, 0.1) is 6.92 Å². The van der Waals surface area contributed by atoms with Gasteiger partial charge in [0.1, 0.15) is 5.76 Å². The lowest BCUT2D eigenvalue weighted by Crippen LogP contribution is -2.30. The summed E-state index contributed by atoms with van der Waals surface area (Å²) >= 11 is 0. The van der Waals surface area contributed by atoms with Crippen molar-refractivity contribution in [2.75, 3.05) is 5.32 Å². The van der Waals surface area contributed by atoms with Crippen LogP contribution >= 0.6 is 0 Å². The minimum absolute atomic E-state index is 0.286. The molecule has 0 fully saturated rings. The normalized spacial score (nSPS) is 11.6. The third-order valence-corrected chi connectivity index (χ3v) is 4.30. The van der Waals surface area contributed by atoms with Crippen molar-refractivity contribution in [2.24, 2.45) is 0 Å². The number of esters is 1. The molecule has 1 amide bonds. The molecule has 0 aliphatic carbocycles. The molecule has 0 bridgehead atoms. The maximum absolute atomic E-state index is 12.6. The molecule has 1 N–H and O–H groups in total. The number of aromatic nitrogens is 1. The first-order valence-corrected chi connectivity index (χ1v) is 9.10. The molecule has 6 heteroatoms. The first kappa shape index (κ1) is 19.4. The van der Waals surface area contributed by atoms with Crippen LogP contribution in [0.1, 0.15) is 34.2 Å². The second-order valence-corrected chi connectivity index (χ2v) is 6.50. The highest BCUT2D eigenvalue weighted by atomic mass is 16.5. The number of hydrogen-bond donors (Lipinski definition) is 1. The number of carbonyl (C=O) groups is 2. The summed E-state index contributed by atoms with van der Waals surface area (Å²) in [5.41, 5.74) is 2.55. The van der Waals surface area contributed by atoms with Crippen molar-refractivity contribution in [1.82, 2.24) is 5.16 Å². The van der Waals surface area contributed by atoms with E-state index in [1.807, 2.05) is 30.3 Å². The maximum Gasteiger partial charge on any atom is 0.339 e. The van der Waals surface area contributed by atoms with Crippen LogP contribution in [0.2, 0.25) is 0 Å². The zero-order valence-corrected chi connectivity index (χ0v) is 15.8. The van der Waals surface area contributed by atoms with Crippen LogP contribution < -0.4 is 5.32 Å². The Hall–Kier alpha value is -3.41. The topological polar surface area (TPSA) is 81.4 Å². The largest absolute Gasteiger partial charge is 0.449 e. The van der Waals surface area contributed by atoms with Gasteiger partial charge >= 0.3 is 5.97 Å². The monoisotopic (exact) mass is 378 g/mol. The minimum atomic E-state index is -0.966. The Morgan fingerprint density at radius 1 is 1.07 bits per heavy atom. The second-order valence-electron chi connectivity index (χ2n) is 6.50. The van der Waals surface area contributed by atoms with Gasteiger partial charge in [-0.2, -0.15) is 0 Å². The molecule has 28 heavy (non-hydrogen) atoms. The van der Waals surface area contributed by atoms with E-state index in [4.69, 9.17) is 9.26 Å². The summed E-state index contributed by atoms with van der Waals surface area (Å²) in [4.78, 5) is 24.8. The fourth-order valence-corrected chi connectivity index (χ4v) is 2.79. The molecule has 0 saturated carbocycles. The van der Waals surface area contributed by atoms with Crippen molar-refractivity contribution in [3.8, 4) is 0 Å². The van der Waals surface area contributed by atoms with Crippen molar-refractivity contribution >= 4 is 17.7 Å². The van der Waals surface area contributed by atoms with E-state index in [9.17, 15) is 9.59 Å². The second kappa shape index (κ2) is 8.99. The summed E-state index contributed by atoms with van der Waals surface area (Å²) in [6, 6.07) is 18.9. The molecule has 0 spiro atoms. The molecule has 2 aromatic carbocycles. The Morgan fingerprint density at radius 3 is 2.50 bits per heavy atom. The van der Waals surface area contributed by atoms with E-state index in [0.29, 0.717) is 17.7 Å². The van der Waals surface area contributed by atoms with Crippen LogP contribution in [-0.4, -0.2) is 23.1 Å². The number of amides is 1. The van der Waals surface area contributed by atoms with Gasteiger partial charge in [0.2, 0.25) is 0 Å². The van der Waals surface area contributed by atoms with Gasteiger partial charge in [-0.3, -0.25) is 4.79 Å². The molecule has 1 atom stereocenters. The molecular formula is C22H22N2O4. The molecule has 3 rings (SSSR count). The molecule has 6 nitrogen and oxygen atoms in total. The number of carbonyl (C=O) groups excluding carboxylic acids is 2. The summed E-state index contributed by atoms with van der Waals surface area (Å²) in [6.07, 6.45) is 0.549. The maximum atomic E-state index is 12.6. The number of anilines is 1. The van der Waals surface area contributed by atoms with Gasteiger partial charge in [-0.15, -0.1) is 0 Å². The molecule has 0 radical (unpaired) electrons. The lowest BCUT2D eigenvalue weighted by Gasteiger charge is -2.14. The number of nitrogens with one attached hydrogen (secondary N) is 1. The average Bonchev–Trinajstić information content (AvgIpc) is 3.11. The molecule has 1 unspecified atom stereocenters. The van der Waals surface area contributed by atoms with Crippen molar-refractivity contribution in [1.29, 1.82) is 0 Å². The quantitative estimate of drug-likeness (QED) is 0.630. The van der Waals surface area contributed by atoms with E-state index < -0.39 is 18.0 Å². The van der Waals surface area contributed by atoms with Gasteiger partial charge < -0.3 is 14.6 Å². The predicted octanol–water partition coefficient (Wildman–Crippen LogP) is 3.95. The summed E-state index contributed by atoms with van der Waals surface area (Å²) < 4.78 is 10.3. The number of hydrogen-bond acceptors (Lipinski definition) is 5. The molecule has 0 aliphatic heterocycles. The van der Waals surface area contributed by atoms with E-state index >= 15 is 0 Å². The first-order chi connectivity index (χ1) is 13.5. The van der Waals surface area contributed by atoms with Crippen molar-refractivity contribution in [3.63, 3.8) is 0 Å². The van der Waals surface area contributed by atoms with Gasteiger partial charge in [0, 0.05) is 6.07 Å². The van der Waals surface area contributed by atoms with E-state index in [2.05, 4.69) is 22.6 Å². The van der Waals surface area contributed by atoms with Crippen LogP contribution in [0.5, 0.6) is 0 Å². The average molecular weight is 378 g/mol. The van der Waals surface area contributed by atoms with E-state index in [0.717, 1.165) is 12.0 Å². The molecule has 0 saturated heterocycles. The van der Waals surface area contributed by atoms with Crippen LogP contribution in [0.4, 0.5) is 5.82 Å². The zero-order chi connectivity index (χ0) is 19.9. The van der Waals surface area contributed by atoms with Gasteiger partial charge in [-0.1, -0.05) is 53.7 Å².